The first-order chi connectivity index (χ1) is 8.59. The molecule has 0 aromatic rings. The molecule has 3 rings (SSSR count). The summed E-state index contributed by atoms with van der Waals surface area (Å²) < 4.78 is 0. The summed E-state index contributed by atoms with van der Waals surface area (Å²) in [6, 6.07) is -0.362. The van der Waals surface area contributed by atoms with E-state index in [-0.39, 0.29) is 29.8 Å². The number of amides is 2. The van der Waals surface area contributed by atoms with Crippen LogP contribution in [0.5, 0.6) is 0 Å². The zero-order chi connectivity index (χ0) is 12.9. The number of fused-ring (bicyclic) bond motifs is 1. The van der Waals surface area contributed by atoms with E-state index in [2.05, 4.69) is 0 Å². The van der Waals surface area contributed by atoms with Crippen LogP contribution in [0.3, 0.4) is 0 Å². The molecule has 4 heteroatoms. The maximum Gasteiger partial charge on any atom is 0.246 e. The van der Waals surface area contributed by atoms with Gasteiger partial charge in [-0.05, 0) is 37.5 Å². The van der Waals surface area contributed by atoms with Crippen molar-refractivity contribution in [2.24, 2.45) is 11.8 Å². The third-order valence-electron chi connectivity index (χ3n) is 4.48. The molecule has 3 aliphatic rings. The summed E-state index contributed by atoms with van der Waals surface area (Å²) in [6.45, 7) is 5.67. The van der Waals surface area contributed by atoms with Crippen LogP contribution in [0.4, 0.5) is 0 Å². The molecule has 100 valence electrons. The fourth-order valence-corrected chi connectivity index (χ4v) is 3.35. The van der Waals surface area contributed by atoms with Crippen molar-refractivity contribution in [3.8, 4) is 0 Å². The smallest absolute Gasteiger partial charge is 0.246 e. The monoisotopic (exact) mass is 250 g/mol. The topological polar surface area (TPSA) is 40.6 Å². The quantitative estimate of drug-likeness (QED) is 0.756. The second-order valence-electron chi connectivity index (χ2n) is 6.31. The van der Waals surface area contributed by atoms with E-state index < -0.39 is 0 Å². The highest BCUT2D eigenvalue weighted by molar-refractivity contribution is 5.97. The molecule has 3 fully saturated rings. The van der Waals surface area contributed by atoms with E-state index in [0.29, 0.717) is 5.92 Å². The minimum Gasteiger partial charge on any atom is -0.329 e. The van der Waals surface area contributed by atoms with Crippen LogP contribution in [0.15, 0.2) is 0 Å². The van der Waals surface area contributed by atoms with Crippen LogP contribution in [0, 0.1) is 11.8 Å². The lowest BCUT2D eigenvalue weighted by Gasteiger charge is -2.44. The van der Waals surface area contributed by atoms with Crippen molar-refractivity contribution < 1.29 is 9.59 Å². The van der Waals surface area contributed by atoms with Crippen molar-refractivity contribution in [1.82, 2.24) is 9.80 Å². The molecular weight excluding hydrogens is 228 g/mol. The lowest BCUT2D eigenvalue weighted by Crippen LogP contribution is -2.64. The summed E-state index contributed by atoms with van der Waals surface area (Å²) in [7, 11) is 0. The predicted molar refractivity (Wildman–Crippen MR) is 67.8 cm³/mol. The van der Waals surface area contributed by atoms with Gasteiger partial charge in [0.1, 0.15) is 12.1 Å². The van der Waals surface area contributed by atoms with E-state index in [1.165, 1.54) is 12.8 Å². The molecule has 0 aromatic heterocycles. The summed E-state index contributed by atoms with van der Waals surface area (Å²) in [5.41, 5.74) is 0. The lowest BCUT2D eigenvalue weighted by molar-refractivity contribution is -0.161. The second kappa shape index (κ2) is 4.25. The maximum atomic E-state index is 12.6. The SMILES string of the molecule is CC(C)C1C(=O)N2CCCC2C(=O)N1CC1CC1. The number of hydrogen-bond donors (Lipinski definition) is 0. The van der Waals surface area contributed by atoms with Crippen LogP contribution in [-0.2, 0) is 9.59 Å². The highest BCUT2D eigenvalue weighted by atomic mass is 16.2. The Kier molecular flexibility index (Phi) is 2.83. The van der Waals surface area contributed by atoms with Gasteiger partial charge in [0.05, 0.1) is 0 Å². The zero-order valence-corrected chi connectivity index (χ0v) is 11.3. The largest absolute Gasteiger partial charge is 0.329 e. The predicted octanol–water partition coefficient (Wildman–Crippen LogP) is 1.25. The van der Waals surface area contributed by atoms with Gasteiger partial charge in [0.25, 0.3) is 0 Å². The molecule has 4 nitrogen and oxygen atoms in total. The van der Waals surface area contributed by atoms with Gasteiger partial charge in [-0.25, -0.2) is 0 Å². The molecule has 0 spiro atoms. The summed E-state index contributed by atoms with van der Waals surface area (Å²) in [6.07, 6.45) is 4.27. The molecule has 0 aromatic carbocycles. The number of nitrogens with zero attached hydrogens (tertiary/aromatic N) is 2. The molecule has 0 radical (unpaired) electrons. The molecular formula is C14H22N2O2. The van der Waals surface area contributed by atoms with Crippen molar-refractivity contribution in [3.05, 3.63) is 0 Å². The van der Waals surface area contributed by atoms with Crippen molar-refractivity contribution in [2.45, 2.75) is 51.6 Å². The molecule has 1 aliphatic carbocycles. The van der Waals surface area contributed by atoms with Gasteiger partial charge in [0, 0.05) is 13.1 Å². The molecule has 18 heavy (non-hydrogen) atoms. The highest BCUT2D eigenvalue weighted by Gasteiger charge is 2.49. The van der Waals surface area contributed by atoms with Crippen LogP contribution in [-0.4, -0.2) is 46.8 Å². The van der Waals surface area contributed by atoms with Gasteiger partial charge >= 0.3 is 0 Å². The van der Waals surface area contributed by atoms with Gasteiger partial charge in [0.15, 0.2) is 0 Å². The fourth-order valence-electron chi connectivity index (χ4n) is 3.35. The normalized spacial score (nSPS) is 32.4. The van der Waals surface area contributed by atoms with Gasteiger partial charge in [-0.3, -0.25) is 9.59 Å². The molecule has 0 N–H and O–H groups in total. The lowest BCUT2D eigenvalue weighted by atomic mass is 9.95. The third kappa shape index (κ3) is 1.82. The highest BCUT2D eigenvalue weighted by Crippen LogP contribution is 2.35. The Balaban J connectivity index is 1.87. The van der Waals surface area contributed by atoms with Crippen LogP contribution in [0.25, 0.3) is 0 Å². The van der Waals surface area contributed by atoms with Crippen LogP contribution in [0.1, 0.15) is 39.5 Å². The molecule has 1 saturated carbocycles. The third-order valence-corrected chi connectivity index (χ3v) is 4.48. The van der Waals surface area contributed by atoms with Gasteiger partial charge < -0.3 is 9.80 Å². The van der Waals surface area contributed by atoms with Crippen LogP contribution >= 0.6 is 0 Å². The molecule has 2 unspecified atom stereocenters. The molecule has 0 bridgehead atoms. The minimum atomic E-state index is -0.215. The first-order valence-electron chi connectivity index (χ1n) is 7.20. The average molecular weight is 250 g/mol. The van der Waals surface area contributed by atoms with Crippen molar-refractivity contribution in [1.29, 1.82) is 0 Å². The Bertz CT molecular complexity index is 376. The molecule has 2 aliphatic heterocycles. The first-order valence-corrected chi connectivity index (χ1v) is 7.20. The molecule has 2 heterocycles. The minimum absolute atomic E-state index is 0.147. The van der Waals surface area contributed by atoms with Gasteiger partial charge in [-0.15, -0.1) is 0 Å². The van der Waals surface area contributed by atoms with Gasteiger partial charge in [-0.1, -0.05) is 13.8 Å². The Labute approximate surface area is 108 Å². The molecule has 2 atom stereocenters. The molecule has 2 saturated heterocycles. The van der Waals surface area contributed by atoms with Crippen molar-refractivity contribution in [2.75, 3.05) is 13.1 Å². The van der Waals surface area contributed by atoms with Gasteiger partial charge in [-0.2, -0.15) is 0 Å². The summed E-state index contributed by atoms with van der Waals surface area (Å²) >= 11 is 0. The van der Waals surface area contributed by atoms with Crippen LogP contribution < -0.4 is 0 Å². The van der Waals surface area contributed by atoms with Crippen molar-refractivity contribution in [3.63, 3.8) is 0 Å². The number of piperazine rings is 1. The summed E-state index contributed by atoms with van der Waals surface area (Å²) in [5, 5.41) is 0. The average Bonchev–Trinajstić information content (AvgIpc) is 2.98. The van der Waals surface area contributed by atoms with E-state index in [1.54, 1.807) is 0 Å². The Hall–Kier alpha value is -1.06. The van der Waals surface area contributed by atoms with E-state index in [1.807, 2.05) is 23.6 Å². The van der Waals surface area contributed by atoms with E-state index in [9.17, 15) is 9.59 Å². The maximum absolute atomic E-state index is 12.6. The Morgan fingerprint density at radius 2 is 1.89 bits per heavy atom. The zero-order valence-electron chi connectivity index (χ0n) is 11.3. The fraction of sp³-hybridized carbons (Fsp3) is 0.857. The summed E-state index contributed by atoms with van der Waals surface area (Å²) in [5.74, 6) is 1.25. The summed E-state index contributed by atoms with van der Waals surface area (Å²) in [4.78, 5) is 28.8. The number of rotatable bonds is 3. The van der Waals surface area contributed by atoms with E-state index in [4.69, 9.17) is 0 Å². The number of hydrogen-bond acceptors (Lipinski definition) is 2. The molecule has 2 amide bonds. The second-order valence-corrected chi connectivity index (χ2v) is 6.31. The van der Waals surface area contributed by atoms with Gasteiger partial charge in [0.2, 0.25) is 11.8 Å². The Morgan fingerprint density at radius 3 is 2.50 bits per heavy atom. The number of carbonyl (C=O) groups is 2. The standard InChI is InChI=1S/C14H22N2O2/c1-9(2)12-14(18)15-7-3-4-11(15)13(17)16(12)8-10-5-6-10/h9-12H,3-8H2,1-2H3. The van der Waals surface area contributed by atoms with Crippen molar-refractivity contribution >= 4 is 11.8 Å². The number of carbonyl (C=O) groups excluding carboxylic acids is 2. The van der Waals surface area contributed by atoms with E-state index >= 15 is 0 Å². The van der Waals surface area contributed by atoms with Crippen LogP contribution in [0.2, 0.25) is 0 Å². The van der Waals surface area contributed by atoms with E-state index in [0.717, 1.165) is 25.9 Å². The first kappa shape index (κ1) is 12.0. The Morgan fingerprint density at radius 1 is 1.17 bits per heavy atom.